The van der Waals surface area contributed by atoms with Crippen molar-refractivity contribution in [1.29, 1.82) is 0 Å². The van der Waals surface area contributed by atoms with Crippen molar-refractivity contribution in [2.24, 2.45) is 5.92 Å². The molecule has 1 amide bonds. The van der Waals surface area contributed by atoms with Crippen LogP contribution in [-0.2, 0) is 25.7 Å². The number of hydrogen-bond donors (Lipinski definition) is 2. The molecule has 10 nitrogen and oxygen atoms in total. The number of methoxy groups -OCH3 is 1. The maximum Gasteiger partial charge on any atom is 0.361 e. The monoisotopic (exact) mass is 573 g/mol. The molecule has 0 aromatic heterocycles. The van der Waals surface area contributed by atoms with E-state index in [1.165, 1.54) is 12.0 Å². The van der Waals surface area contributed by atoms with E-state index in [0.717, 1.165) is 71.5 Å². The largest absolute Gasteiger partial charge is 0.477 e. The number of carboxylic acid groups (broad SMARTS) is 1. The van der Waals surface area contributed by atoms with Gasteiger partial charge < -0.3 is 28.8 Å². The molecule has 218 valence electrons. The van der Waals surface area contributed by atoms with Crippen molar-refractivity contribution in [3.63, 3.8) is 0 Å². The number of ketones is 1. The van der Waals surface area contributed by atoms with Gasteiger partial charge in [0.1, 0.15) is 51.5 Å². The molecule has 8 rings (SSSR count). The highest BCUT2D eigenvalue weighted by Gasteiger charge is 2.57. The lowest BCUT2D eigenvalue weighted by molar-refractivity contribution is -1.08. The molecule has 4 saturated heterocycles. The molecule has 0 radical (unpaired) electrons. The predicted octanol–water partition coefficient (Wildman–Crippen LogP) is 1.64. The van der Waals surface area contributed by atoms with Crippen molar-refractivity contribution in [2.45, 2.75) is 32.0 Å². The van der Waals surface area contributed by atoms with Crippen molar-refractivity contribution in [3.05, 3.63) is 64.3 Å². The molecule has 5 heterocycles. The third-order valence-electron chi connectivity index (χ3n) is 10.5. The number of aliphatic hydroxyl groups is 1. The van der Waals surface area contributed by atoms with Gasteiger partial charge in [-0.1, -0.05) is 18.2 Å². The number of quaternary nitrogens is 2. The summed E-state index contributed by atoms with van der Waals surface area (Å²) in [4.78, 5) is 51.7. The van der Waals surface area contributed by atoms with Gasteiger partial charge in [0.2, 0.25) is 5.91 Å². The van der Waals surface area contributed by atoms with Crippen molar-refractivity contribution in [3.8, 4) is 11.1 Å². The van der Waals surface area contributed by atoms with Crippen LogP contribution in [0.15, 0.2) is 42.1 Å². The zero-order valence-corrected chi connectivity index (χ0v) is 23.8. The Kier molecular flexibility index (Phi) is 5.99. The number of carbonyl (C=O) groups excluding carboxylic acids is 3. The minimum atomic E-state index is -1.17. The number of ether oxygens (including phenoxy) is 1. The van der Waals surface area contributed by atoms with Gasteiger partial charge in [-0.05, 0) is 53.8 Å². The summed E-state index contributed by atoms with van der Waals surface area (Å²) in [6, 6.07) is 11.1. The van der Waals surface area contributed by atoms with Crippen LogP contribution >= 0.6 is 0 Å². The fraction of sp³-hybridized carbons (Fsp3) is 0.438. The van der Waals surface area contributed by atoms with Gasteiger partial charge in [0.25, 0.3) is 0 Å². The Bertz CT molecular complexity index is 1580. The number of esters is 1. The van der Waals surface area contributed by atoms with E-state index in [4.69, 9.17) is 4.74 Å². The van der Waals surface area contributed by atoms with E-state index in [1.807, 2.05) is 18.2 Å². The van der Waals surface area contributed by atoms with Gasteiger partial charge in [0.05, 0.1) is 25.2 Å². The van der Waals surface area contributed by atoms with Crippen LogP contribution in [0.2, 0.25) is 0 Å². The van der Waals surface area contributed by atoms with Crippen LogP contribution in [0.1, 0.15) is 40.4 Å². The minimum absolute atomic E-state index is 0.0343. The van der Waals surface area contributed by atoms with Crippen LogP contribution in [0.5, 0.6) is 0 Å². The predicted molar refractivity (Wildman–Crippen MR) is 151 cm³/mol. The summed E-state index contributed by atoms with van der Waals surface area (Å²) < 4.78 is 6.70. The number of benzene rings is 2. The Morgan fingerprint density at radius 2 is 1.62 bits per heavy atom. The van der Waals surface area contributed by atoms with Crippen molar-refractivity contribution >= 4 is 29.2 Å². The molecule has 10 heteroatoms. The standard InChI is InChI=1S/C32H34N3O7/c1-18(36)28-26-15-23(29(32(40)41)33(26)31(28)39)20-4-6-22-24(14-20)21-5-3-19(13-25(21)30(22)38)16-34-7-10-35(11-8-34,12-9-34)17-27(37)42-2/h3-6,13-14,18,26,28,36H,7-12,15-17H2,1-2H3/q+1/p+1/t18-,26-,28-,34?,35?/m1/s1. The summed E-state index contributed by atoms with van der Waals surface area (Å²) in [7, 11) is 1.44. The summed E-state index contributed by atoms with van der Waals surface area (Å²) in [6.07, 6.45) is -0.505. The molecule has 42 heavy (non-hydrogen) atoms. The fourth-order valence-corrected chi connectivity index (χ4v) is 8.08. The number of aliphatic carboxylic acids is 1. The first-order valence-corrected chi connectivity index (χ1v) is 14.6. The molecule has 2 aromatic carbocycles. The Labute approximate surface area is 243 Å². The molecule has 0 spiro atoms. The highest BCUT2D eigenvalue weighted by atomic mass is 16.5. The zero-order valence-electron chi connectivity index (χ0n) is 23.8. The molecule has 0 saturated carbocycles. The molecule has 5 aliphatic heterocycles. The Balaban J connectivity index is 1.15. The Morgan fingerprint density at radius 3 is 2.26 bits per heavy atom. The Morgan fingerprint density at radius 1 is 0.952 bits per heavy atom. The first-order chi connectivity index (χ1) is 20.1. The zero-order chi connectivity index (χ0) is 29.6. The molecule has 2 N–H and O–H groups in total. The highest BCUT2D eigenvalue weighted by molar-refractivity contribution is 6.22. The van der Waals surface area contributed by atoms with E-state index in [1.54, 1.807) is 19.1 Å². The normalized spacial score (nSPS) is 29.6. The van der Waals surface area contributed by atoms with Gasteiger partial charge in [-0.15, -0.1) is 0 Å². The summed E-state index contributed by atoms with van der Waals surface area (Å²) in [6.45, 7) is 8.64. The number of fused-ring (bicyclic) bond motifs is 7. The second-order valence-corrected chi connectivity index (χ2v) is 12.8. The maximum atomic E-state index is 13.5. The summed E-state index contributed by atoms with van der Waals surface area (Å²) >= 11 is 0. The average molecular weight is 574 g/mol. The number of piperazine rings is 3. The fourth-order valence-electron chi connectivity index (χ4n) is 8.08. The molecule has 0 unspecified atom stereocenters. The second-order valence-electron chi connectivity index (χ2n) is 12.8. The van der Waals surface area contributed by atoms with Gasteiger partial charge in [0, 0.05) is 16.7 Å². The van der Waals surface area contributed by atoms with Crippen LogP contribution in [0.3, 0.4) is 0 Å². The summed E-state index contributed by atoms with van der Waals surface area (Å²) in [5.74, 6) is -2.33. The number of carboxylic acids is 1. The van der Waals surface area contributed by atoms with E-state index < -0.39 is 18.0 Å². The lowest BCUT2D eigenvalue weighted by Crippen LogP contribution is -2.75. The van der Waals surface area contributed by atoms with Crippen LogP contribution in [0.25, 0.3) is 16.7 Å². The van der Waals surface area contributed by atoms with E-state index in [-0.39, 0.29) is 29.4 Å². The molecular weight excluding hydrogens is 538 g/mol. The lowest BCUT2D eigenvalue weighted by Gasteiger charge is -2.55. The van der Waals surface area contributed by atoms with Crippen LogP contribution < -0.4 is 0 Å². The smallest absolute Gasteiger partial charge is 0.361 e. The Hall–Kier alpha value is -3.86. The first kappa shape index (κ1) is 27.0. The van der Waals surface area contributed by atoms with E-state index in [2.05, 4.69) is 6.07 Å². The number of amides is 1. The second kappa shape index (κ2) is 9.32. The van der Waals surface area contributed by atoms with Gasteiger partial charge >= 0.3 is 11.9 Å². The number of β-lactam (4-membered cyclic amide) rings is 1. The van der Waals surface area contributed by atoms with Crippen LogP contribution in [-0.4, -0.2) is 113 Å². The average Bonchev–Trinajstić information content (AvgIpc) is 3.46. The van der Waals surface area contributed by atoms with E-state index in [0.29, 0.717) is 35.2 Å². The molecule has 2 bridgehead atoms. The van der Waals surface area contributed by atoms with Gasteiger partial charge in [-0.25, -0.2) is 9.59 Å². The van der Waals surface area contributed by atoms with E-state index in [9.17, 15) is 29.4 Å². The number of carbonyl (C=O) groups is 4. The number of rotatable bonds is 7. The minimum Gasteiger partial charge on any atom is -0.477 e. The maximum absolute atomic E-state index is 13.5. The summed E-state index contributed by atoms with van der Waals surface area (Å²) in [5, 5.41) is 20.1. The van der Waals surface area contributed by atoms with Crippen molar-refractivity contribution < 1.29 is 43.1 Å². The quantitative estimate of drug-likeness (QED) is 0.250. The van der Waals surface area contributed by atoms with Gasteiger partial charge in [-0.2, -0.15) is 0 Å². The lowest BCUT2D eigenvalue weighted by atomic mass is 9.82. The molecular formula is C32H35N3O7+2. The topological polar surface area (TPSA) is 121 Å². The third kappa shape index (κ3) is 3.89. The number of nitrogens with zero attached hydrogens (tertiary/aromatic N) is 3. The van der Waals surface area contributed by atoms with E-state index >= 15 is 0 Å². The number of aliphatic hydroxyl groups excluding tert-OH is 1. The first-order valence-electron chi connectivity index (χ1n) is 14.6. The van der Waals surface area contributed by atoms with Crippen molar-refractivity contribution in [1.82, 2.24) is 4.90 Å². The van der Waals surface area contributed by atoms with Gasteiger partial charge in [0.15, 0.2) is 12.3 Å². The molecule has 3 atom stereocenters. The van der Waals surface area contributed by atoms with Crippen molar-refractivity contribution in [2.75, 3.05) is 52.9 Å². The van der Waals surface area contributed by atoms with Crippen LogP contribution in [0.4, 0.5) is 0 Å². The number of hydrogen-bond acceptors (Lipinski definition) is 6. The highest BCUT2D eigenvalue weighted by Crippen LogP contribution is 2.48. The van der Waals surface area contributed by atoms with Crippen LogP contribution in [0, 0.1) is 5.92 Å². The third-order valence-corrected chi connectivity index (χ3v) is 10.5. The molecule has 2 aromatic rings. The molecule has 6 aliphatic rings. The SMILES string of the molecule is COC(=O)C[N+]12CC[N+](Cc3ccc4c(c3)C(=O)c3ccc(C5=C(C(=O)O)N6C(=O)[C@H]([C@@H](C)O)[C@H]6C5)cc3-4)(CC1)CC2. The molecule has 4 fully saturated rings. The molecule has 1 aliphatic carbocycles. The summed E-state index contributed by atoms with van der Waals surface area (Å²) in [5.41, 5.74) is 5.18. The van der Waals surface area contributed by atoms with Gasteiger partial charge in [-0.3, -0.25) is 9.59 Å².